The molecule has 1 rings (SSSR count). The summed E-state index contributed by atoms with van der Waals surface area (Å²) in [6, 6.07) is 7.83. The highest BCUT2D eigenvalue weighted by atomic mass is 79.9. The summed E-state index contributed by atoms with van der Waals surface area (Å²) in [5.74, 6) is 0. The molecule has 14 heavy (non-hydrogen) atoms. The Bertz CT molecular complexity index is 379. The van der Waals surface area contributed by atoms with E-state index in [9.17, 15) is 0 Å². The maximum atomic E-state index is 8.94. The molecule has 0 radical (unpaired) electrons. The number of hydrogen-bond donors (Lipinski definition) is 0. The molecule has 0 N–H and O–H groups in total. The minimum atomic E-state index is 0.670. The maximum Gasteiger partial charge on any atom is 0.101 e. The Hall–Kier alpha value is -1.27. The van der Waals surface area contributed by atoms with E-state index in [0.29, 0.717) is 5.56 Å². The van der Waals surface area contributed by atoms with Crippen LogP contribution in [-0.4, -0.2) is 13.6 Å². The van der Waals surface area contributed by atoms with E-state index < -0.39 is 0 Å². The zero-order valence-corrected chi connectivity index (χ0v) is 9.58. The molecule has 0 saturated heterocycles. The summed E-state index contributed by atoms with van der Waals surface area (Å²) < 4.78 is 0.921. The third-order valence-electron chi connectivity index (χ3n) is 1.89. The Morgan fingerprint density at radius 3 is 2.93 bits per heavy atom. The summed E-state index contributed by atoms with van der Waals surface area (Å²) >= 11 is 3.34. The lowest BCUT2D eigenvalue weighted by Crippen LogP contribution is -2.17. The van der Waals surface area contributed by atoms with Gasteiger partial charge in [0.25, 0.3) is 0 Å². The molecule has 0 amide bonds. The Balaban J connectivity index is 3.08. The Kier molecular flexibility index (Phi) is 3.73. The van der Waals surface area contributed by atoms with Crippen molar-refractivity contribution in [2.75, 3.05) is 18.5 Å². The molecule has 0 spiro atoms. The van der Waals surface area contributed by atoms with Crippen molar-refractivity contribution in [3.8, 4) is 6.07 Å². The van der Waals surface area contributed by atoms with Gasteiger partial charge in [0, 0.05) is 18.1 Å². The van der Waals surface area contributed by atoms with Gasteiger partial charge < -0.3 is 4.90 Å². The molecule has 3 heteroatoms. The molecule has 0 heterocycles. The molecular formula is C11H11BrN2. The molecule has 0 aromatic heterocycles. The van der Waals surface area contributed by atoms with Crippen molar-refractivity contribution in [1.29, 1.82) is 5.26 Å². The topological polar surface area (TPSA) is 27.0 Å². The predicted molar refractivity (Wildman–Crippen MR) is 62.3 cm³/mol. The number of likely N-dealkylation sites (N-methyl/N-ethyl adjacent to an activating group) is 1. The smallest absolute Gasteiger partial charge is 0.101 e. The summed E-state index contributed by atoms with van der Waals surface area (Å²) in [4.78, 5) is 1.98. The van der Waals surface area contributed by atoms with Crippen molar-refractivity contribution in [2.45, 2.75) is 0 Å². The lowest BCUT2D eigenvalue weighted by molar-refractivity contribution is 1.03. The second-order valence-electron chi connectivity index (χ2n) is 2.94. The molecule has 0 bridgehead atoms. The molecule has 72 valence electrons. The van der Waals surface area contributed by atoms with E-state index in [1.54, 1.807) is 0 Å². The number of hydrogen-bond acceptors (Lipinski definition) is 2. The second kappa shape index (κ2) is 4.83. The van der Waals surface area contributed by atoms with Crippen LogP contribution in [0.15, 0.2) is 35.3 Å². The van der Waals surface area contributed by atoms with Gasteiger partial charge in [-0.3, -0.25) is 0 Å². The molecule has 1 aromatic carbocycles. The van der Waals surface area contributed by atoms with Gasteiger partial charge in [0.2, 0.25) is 0 Å². The normalized spacial score (nSPS) is 9.21. The quantitative estimate of drug-likeness (QED) is 0.772. The zero-order chi connectivity index (χ0) is 10.6. The van der Waals surface area contributed by atoms with Gasteiger partial charge in [-0.2, -0.15) is 5.26 Å². The van der Waals surface area contributed by atoms with Crippen LogP contribution in [0.2, 0.25) is 0 Å². The van der Waals surface area contributed by atoms with Gasteiger partial charge in [0.15, 0.2) is 0 Å². The van der Waals surface area contributed by atoms with Crippen LogP contribution in [0.25, 0.3) is 0 Å². The molecule has 2 nitrogen and oxygen atoms in total. The molecule has 0 fully saturated rings. The summed E-state index contributed by atoms with van der Waals surface area (Å²) in [6.07, 6.45) is 1.81. The van der Waals surface area contributed by atoms with E-state index in [1.165, 1.54) is 0 Å². The van der Waals surface area contributed by atoms with E-state index in [0.717, 1.165) is 16.7 Å². The van der Waals surface area contributed by atoms with Gasteiger partial charge in [-0.1, -0.05) is 22.0 Å². The van der Waals surface area contributed by atoms with Gasteiger partial charge in [-0.15, -0.1) is 6.58 Å². The highest BCUT2D eigenvalue weighted by Gasteiger charge is 2.05. The average Bonchev–Trinajstić information content (AvgIpc) is 2.17. The fraction of sp³-hybridized carbons (Fsp3) is 0.182. The molecule has 1 aromatic rings. The highest BCUT2D eigenvalue weighted by Crippen LogP contribution is 2.22. The Labute approximate surface area is 92.6 Å². The summed E-state index contributed by atoms with van der Waals surface area (Å²) in [5, 5.41) is 8.94. The number of nitriles is 1. The first-order chi connectivity index (χ1) is 6.69. The van der Waals surface area contributed by atoms with E-state index in [2.05, 4.69) is 28.6 Å². The molecule has 0 atom stereocenters. The fourth-order valence-electron chi connectivity index (χ4n) is 1.22. The van der Waals surface area contributed by atoms with Crippen LogP contribution in [0.1, 0.15) is 5.56 Å². The zero-order valence-electron chi connectivity index (χ0n) is 8.00. The number of rotatable bonds is 3. The molecule has 0 aliphatic rings. The highest BCUT2D eigenvalue weighted by molar-refractivity contribution is 9.10. The molecule has 0 saturated carbocycles. The van der Waals surface area contributed by atoms with Crippen LogP contribution < -0.4 is 4.90 Å². The SMILES string of the molecule is C=CCN(C)c1ccc(Br)cc1C#N. The van der Waals surface area contributed by atoms with Gasteiger partial charge in [0.05, 0.1) is 11.3 Å². The van der Waals surface area contributed by atoms with E-state index in [-0.39, 0.29) is 0 Å². The maximum absolute atomic E-state index is 8.94. The lowest BCUT2D eigenvalue weighted by atomic mass is 10.2. The summed E-state index contributed by atoms with van der Waals surface area (Å²) in [7, 11) is 1.94. The second-order valence-corrected chi connectivity index (χ2v) is 3.86. The molecule has 0 aliphatic heterocycles. The summed E-state index contributed by atoms with van der Waals surface area (Å²) in [5.41, 5.74) is 1.60. The minimum absolute atomic E-state index is 0.670. The lowest BCUT2D eigenvalue weighted by Gasteiger charge is -2.18. The van der Waals surface area contributed by atoms with Crippen molar-refractivity contribution in [2.24, 2.45) is 0 Å². The first-order valence-corrected chi connectivity index (χ1v) is 5.00. The van der Waals surface area contributed by atoms with E-state index >= 15 is 0 Å². The van der Waals surface area contributed by atoms with Crippen LogP contribution in [0, 0.1) is 11.3 Å². The Morgan fingerprint density at radius 1 is 1.64 bits per heavy atom. The van der Waals surface area contributed by atoms with Crippen molar-refractivity contribution >= 4 is 21.6 Å². The van der Waals surface area contributed by atoms with Gasteiger partial charge >= 0.3 is 0 Å². The fourth-order valence-corrected chi connectivity index (χ4v) is 1.58. The van der Waals surface area contributed by atoms with Gasteiger partial charge in [0.1, 0.15) is 6.07 Å². The van der Waals surface area contributed by atoms with Crippen LogP contribution in [0.5, 0.6) is 0 Å². The largest absolute Gasteiger partial charge is 0.370 e. The average molecular weight is 251 g/mol. The van der Waals surface area contributed by atoms with Gasteiger partial charge in [-0.25, -0.2) is 0 Å². The van der Waals surface area contributed by atoms with Crippen LogP contribution >= 0.6 is 15.9 Å². The van der Waals surface area contributed by atoms with Crippen LogP contribution in [0.4, 0.5) is 5.69 Å². The first kappa shape index (κ1) is 10.8. The molecular weight excluding hydrogens is 240 g/mol. The van der Waals surface area contributed by atoms with Crippen molar-refractivity contribution in [3.63, 3.8) is 0 Å². The number of halogens is 1. The van der Waals surface area contributed by atoms with Gasteiger partial charge in [-0.05, 0) is 18.2 Å². The van der Waals surface area contributed by atoms with Crippen molar-refractivity contribution in [1.82, 2.24) is 0 Å². The summed E-state index contributed by atoms with van der Waals surface area (Å²) in [6.45, 7) is 4.40. The van der Waals surface area contributed by atoms with Crippen molar-refractivity contribution in [3.05, 3.63) is 40.9 Å². The first-order valence-electron chi connectivity index (χ1n) is 4.20. The van der Waals surface area contributed by atoms with E-state index in [1.807, 2.05) is 36.2 Å². The minimum Gasteiger partial charge on any atom is -0.370 e. The standard InChI is InChI=1S/C11H11BrN2/c1-3-6-14(2)11-5-4-10(12)7-9(11)8-13/h3-5,7H,1,6H2,2H3. The Morgan fingerprint density at radius 2 is 2.36 bits per heavy atom. The molecule has 0 unspecified atom stereocenters. The monoisotopic (exact) mass is 250 g/mol. The number of benzene rings is 1. The number of nitrogens with zero attached hydrogens (tertiary/aromatic N) is 2. The van der Waals surface area contributed by atoms with Crippen LogP contribution in [0.3, 0.4) is 0 Å². The molecule has 0 aliphatic carbocycles. The third kappa shape index (κ3) is 2.36. The predicted octanol–water partition coefficient (Wildman–Crippen LogP) is 2.94. The van der Waals surface area contributed by atoms with E-state index in [4.69, 9.17) is 5.26 Å². The third-order valence-corrected chi connectivity index (χ3v) is 2.39. The number of anilines is 1. The van der Waals surface area contributed by atoms with Crippen molar-refractivity contribution < 1.29 is 0 Å². The van der Waals surface area contributed by atoms with Crippen LogP contribution in [-0.2, 0) is 0 Å².